The molecule has 1 heterocycles. The van der Waals surface area contributed by atoms with Crippen LogP contribution in [0.3, 0.4) is 0 Å². The lowest BCUT2D eigenvalue weighted by Gasteiger charge is -2.32. The third kappa shape index (κ3) is 4.81. The van der Waals surface area contributed by atoms with Gasteiger partial charge >= 0.3 is 11.9 Å². The van der Waals surface area contributed by atoms with E-state index in [-0.39, 0.29) is 6.61 Å². The first kappa shape index (κ1) is 21.7. The van der Waals surface area contributed by atoms with Crippen LogP contribution in [0.5, 0.6) is 0 Å². The van der Waals surface area contributed by atoms with Gasteiger partial charge in [0.05, 0.1) is 36.5 Å². The lowest BCUT2D eigenvalue weighted by Crippen LogP contribution is -2.36. The molecule has 0 aliphatic carbocycles. The number of carbonyl (C=O) groups is 2. The molecule has 0 spiro atoms. The number of nitrogens with one attached hydrogen (secondary N) is 1. The number of dihydropyridines is 1. The molecule has 152 valence electrons. The summed E-state index contributed by atoms with van der Waals surface area (Å²) in [5.41, 5.74) is 3.16. The molecular formula is C22H29NO5. The van der Waals surface area contributed by atoms with E-state index in [1.54, 1.807) is 14.0 Å². The van der Waals surface area contributed by atoms with Crippen molar-refractivity contribution in [3.8, 4) is 0 Å². The topological polar surface area (TPSA) is 73.9 Å². The first-order valence-electron chi connectivity index (χ1n) is 9.17. The first-order valence-corrected chi connectivity index (χ1v) is 9.17. The standard InChI is InChI=1S/C22H29NO5/c1-13-8-10-15(11-9-13)18-17(21(25)28-22(3,4)5)14(2)23-16(12-26-6)19(18)20(24)27-7/h8-11,18,23H,12H2,1-7H3. The highest BCUT2D eigenvalue weighted by Gasteiger charge is 2.39. The number of methoxy groups -OCH3 is 2. The predicted molar refractivity (Wildman–Crippen MR) is 107 cm³/mol. The van der Waals surface area contributed by atoms with E-state index < -0.39 is 23.5 Å². The Hall–Kier alpha value is -2.60. The van der Waals surface area contributed by atoms with Gasteiger partial charge in [0.15, 0.2) is 0 Å². The Morgan fingerprint density at radius 1 is 1.00 bits per heavy atom. The van der Waals surface area contributed by atoms with Crippen molar-refractivity contribution in [3.63, 3.8) is 0 Å². The second-order valence-electron chi connectivity index (χ2n) is 7.83. The fourth-order valence-corrected chi connectivity index (χ4v) is 3.20. The van der Waals surface area contributed by atoms with Gasteiger partial charge in [-0.05, 0) is 40.2 Å². The second-order valence-corrected chi connectivity index (χ2v) is 7.83. The average molecular weight is 387 g/mol. The molecule has 6 nitrogen and oxygen atoms in total. The molecule has 1 aromatic rings. The van der Waals surface area contributed by atoms with E-state index in [0.717, 1.165) is 11.1 Å². The number of benzene rings is 1. The second kappa shape index (κ2) is 8.61. The van der Waals surface area contributed by atoms with Crippen molar-refractivity contribution in [2.45, 2.75) is 46.1 Å². The molecule has 1 aromatic carbocycles. The van der Waals surface area contributed by atoms with E-state index in [1.165, 1.54) is 7.11 Å². The van der Waals surface area contributed by atoms with Crippen molar-refractivity contribution < 1.29 is 23.8 Å². The number of aryl methyl sites for hydroxylation is 1. The molecule has 1 aliphatic heterocycles. The lowest BCUT2D eigenvalue weighted by atomic mass is 9.80. The number of hydrogen-bond acceptors (Lipinski definition) is 6. The number of rotatable bonds is 5. The van der Waals surface area contributed by atoms with Gasteiger partial charge in [0, 0.05) is 12.8 Å². The average Bonchev–Trinajstić information content (AvgIpc) is 2.60. The maximum absolute atomic E-state index is 13.1. The van der Waals surface area contributed by atoms with Crippen LogP contribution in [-0.4, -0.2) is 38.4 Å². The summed E-state index contributed by atoms with van der Waals surface area (Å²) < 4.78 is 15.9. The molecule has 1 N–H and O–H groups in total. The zero-order chi connectivity index (χ0) is 21.1. The molecule has 2 rings (SSSR count). The zero-order valence-electron chi connectivity index (χ0n) is 17.6. The van der Waals surface area contributed by atoms with E-state index in [1.807, 2.05) is 52.0 Å². The van der Waals surface area contributed by atoms with Gasteiger partial charge in [-0.25, -0.2) is 9.59 Å². The molecule has 0 aromatic heterocycles. The summed E-state index contributed by atoms with van der Waals surface area (Å²) in [6.45, 7) is 9.40. The van der Waals surface area contributed by atoms with E-state index in [0.29, 0.717) is 22.5 Å². The van der Waals surface area contributed by atoms with Crippen molar-refractivity contribution in [2.24, 2.45) is 0 Å². The van der Waals surface area contributed by atoms with E-state index in [4.69, 9.17) is 14.2 Å². The van der Waals surface area contributed by atoms with Crippen molar-refractivity contribution in [1.82, 2.24) is 5.32 Å². The molecular weight excluding hydrogens is 358 g/mol. The van der Waals surface area contributed by atoms with Crippen LogP contribution >= 0.6 is 0 Å². The molecule has 1 unspecified atom stereocenters. The van der Waals surface area contributed by atoms with Gasteiger partial charge in [-0.3, -0.25) is 0 Å². The SMILES string of the molecule is COCC1=C(C(=O)OC)C(c2ccc(C)cc2)C(C(=O)OC(C)(C)C)=C(C)N1. The Morgan fingerprint density at radius 3 is 2.11 bits per heavy atom. The van der Waals surface area contributed by atoms with Gasteiger partial charge in [0.1, 0.15) is 5.60 Å². The normalized spacial score (nSPS) is 17.3. The summed E-state index contributed by atoms with van der Waals surface area (Å²) in [6, 6.07) is 7.72. The quantitative estimate of drug-likeness (QED) is 0.781. The largest absolute Gasteiger partial charge is 0.466 e. The smallest absolute Gasteiger partial charge is 0.337 e. The van der Waals surface area contributed by atoms with Crippen molar-refractivity contribution in [3.05, 3.63) is 57.9 Å². The number of ether oxygens (including phenoxy) is 3. The summed E-state index contributed by atoms with van der Waals surface area (Å²) in [6.07, 6.45) is 0. The van der Waals surface area contributed by atoms with Crippen LogP contribution < -0.4 is 5.32 Å². The van der Waals surface area contributed by atoms with Crippen LogP contribution in [-0.2, 0) is 23.8 Å². The van der Waals surface area contributed by atoms with E-state index >= 15 is 0 Å². The highest BCUT2D eigenvalue weighted by molar-refractivity contribution is 6.00. The van der Waals surface area contributed by atoms with Crippen LogP contribution in [0.25, 0.3) is 0 Å². The van der Waals surface area contributed by atoms with Crippen LogP contribution in [0.1, 0.15) is 44.7 Å². The summed E-state index contributed by atoms with van der Waals surface area (Å²) in [5.74, 6) is -1.60. The molecule has 0 amide bonds. The fraction of sp³-hybridized carbons (Fsp3) is 0.455. The summed E-state index contributed by atoms with van der Waals surface area (Å²) >= 11 is 0. The van der Waals surface area contributed by atoms with Crippen LogP contribution in [0.4, 0.5) is 0 Å². The van der Waals surface area contributed by atoms with E-state index in [2.05, 4.69) is 5.32 Å². The number of allylic oxidation sites excluding steroid dienone is 1. The van der Waals surface area contributed by atoms with Crippen LogP contribution in [0.2, 0.25) is 0 Å². The third-order valence-electron chi connectivity index (χ3n) is 4.37. The molecule has 1 aliphatic rings. The minimum absolute atomic E-state index is 0.186. The Morgan fingerprint density at radius 2 is 1.61 bits per heavy atom. The monoisotopic (exact) mass is 387 g/mol. The Labute approximate surface area is 166 Å². The summed E-state index contributed by atoms with van der Waals surface area (Å²) in [7, 11) is 2.87. The highest BCUT2D eigenvalue weighted by Crippen LogP contribution is 2.39. The Kier molecular flexibility index (Phi) is 6.67. The molecule has 0 radical (unpaired) electrons. The molecule has 1 atom stereocenters. The van der Waals surface area contributed by atoms with Crippen molar-refractivity contribution in [2.75, 3.05) is 20.8 Å². The Balaban J connectivity index is 2.68. The van der Waals surface area contributed by atoms with Gasteiger partial charge in [-0.2, -0.15) is 0 Å². The van der Waals surface area contributed by atoms with Gasteiger partial charge in [0.2, 0.25) is 0 Å². The van der Waals surface area contributed by atoms with Gasteiger partial charge in [0.25, 0.3) is 0 Å². The zero-order valence-corrected chi connectivity index (χ0v) is 17.6. The van der Waals surface area contributed by atoms with E-state index in [9.17, 15) is 9.59 Å². The number of carbonyl (C=O) groups excluding carboxylic acids is 2. The molecule has 28 heavy (non-hydrogen) atoms. The summed E-state index contributed by atoms with van der Waals surface area (Å²) in [4.78, 5) is 25.8. The molecule has 6 heteroatoms. The van der Waals surface area contributed by atoms with Crippen molar-refractivity contribution in [1.29, 1.82) is 0 Å². The highest BCUT2D eigenvalue weighted by atomic mass is 16.6. The number of esters is 2. The predicted octanol–water partition coefficient (Wildman–Crippen LogP) is 3.37. The molecule has 0 saturated carbocycles. The fourth-order valence-electron chi connectivity index (χ4n) is 3.20. The third-order valence-corrected chi connectivity index (χ3v) is 4.37. The maximum Gasteiger partial charge on any atom is 0.337 e. The van der Waals surface area contributed by atoms with Crippen molar-refractivity contribution >= 4 is 11.9 Å². The van der Waals surface area contributed by atoms with Gasteiger partial charge in [-0.1, -0.05) is 29.8 Å². The lowest BCUT2D eigenvalue weighted by molar-refractivity contribution is -0.150. The molecule has 0 fully saturated rings. The maximum atomic E-state index is 13.1. The molecule has 0 bridgehead atoms. The molecule has 0 saturated heterocycles. The van der Waals surface area contributed by atoms with Gasteiger partial charge < -0.3 is 19.5 Å². The summed E-state index contributed by atoms with van der Waals surface area (Å²) in [5, 5.41) is 3.14. The van der Waals surface area contributed by atoms with Crippen LogP contribution in [0.15, 0.2) is 46.8 Å². The van der Waals surface area contributed by atoms with Gasteiger partial charge in [-0.15, -0.1) is 0 Å². The minimum atomic E-state index is -0.663. The number of hydrogen-bond donors (Lipinski definition) is 1. The van der Waals surface area contributed by atoms with Crippen LogP contribution in [0, 0.1) is 6.92 Å². The minimum Gasteiger partial charge on any atom is -0.466 e. The Bertz CT molecular complexity index is 812. The first-order chi connectivity index (χ1) is 13.1.